The Bertz CT molecular complexity index is 4490. The van der Waals surface area contributed by atoms with Crippen LogP contribution in [0.5, 0.6) is 0 Å². The Kier molecular flexibility index (Phi) is 14.8. The quantitative estimate of drug-likeness (QED) is 0.0709. The molecule has 1 aliphatic carbocycles. The molecule has 2 aromatic heterocycles. The summed E-state index contributed by atoms with van der Waals surface area (Å²) >= 11 is 0. The van der Waals surface area contributed by atoms with Crippen molar-refractivity contribution in [2.45, 2.75) is 83.5 Å². The van der Waals surface area contributed by atoms with E-state index in [2.05, 4.69) is 273 Å². The van der Waals surface area contributed by atoms with Gasteiger partial charge in [-0.2, -0.15) is 0 Å². The molecule has 0 saturated heterocycles. The fourth-order valence-electron chi connectivity index (χ4n) is 14.0. The summed E-state index contributed by atoms with van der Waals surface area (Å²) in [5.41, 5.74) is 25.9. The molecule has 86 heavy (non-hydrogen) atoms. The highest BCUT2D eigenvalue weighted by Gasteiger charge is 2.43. The Morgan fingerprint density at radius 3 is 1.47 bits per heavy atom. The highest BCUT2D eigenvalue weighted by atomic mass is 16.3. The number of rotatable bonds is 20. The average molecular weight is 1110 g/mol. The molecule has 3 heteroatoms. The van der Waals surface area contributed by atoms with Crippen LogP contribution in [0.25, 0.3) is 117 Å². The van der Waals surface area contributed by atoms with Crippen LogP contribution in [0.15, 0.2) is 260 Å². The highest BCUT2D eigenvalue weighted by Crippen LogP contribution is 2.57. The van der Waals surface area contributed by atoms with Gasteiger partial charge in [-0.05, 0) is 164 Å². The Morgan fingerprint density at radius 2 is 0.872 bits per heavy atom. The molecule has 0 spiro atoms. The summed E-state index contributed by atoms with van der Waals surface area (Å²) in [6, 6.07) is 90.5. The van der Waals surface area contributed by atoms with Crippen LogP contribution in [0.4, 0.5) is 17.1 Å². The van der Waals surface area contributed by atoms with Gasteiger partial charge in [0.25, 0.3) is 0 Å². The molecule has 420 valence electrons. The zero-order chi connectivity index (χ0) is 58.1. The predicted molar refractivity (Wildman–Crippen MR) is 368 cm³/mol. The number of benzene rings is 11. The molecule has 0 atom stereocenters. The van der Waals surface area contributed by atoms with Gasteiger partial charge in [-0.15, -0.1) is 0 Å². The molecule has 0 amide bonds. The SMILES string of the molecule is C=Cc1ccc(-c2ccc3c(c2)c2cc(-c4ccc(C=C)cc4)ccc2n3-c2ccc3c(c2)C(CCCCCC)(CCCCCC)c2cc(N(c4ccc(-c5ccccc5)cc4)c4ccc(-c5cccc6c5oc5ccccc56)cc4)ccc2-3)cc1. The van der Waals surface area contributed by atoms with Gasteiger partial charge in [0, 0.05) is 55.3 Å². The third-order valence-corrected chi connectivity index (χ3v) is 18.6. The van der Waals surface area contributed by atoms with Crippen LogP contribution in [0.1, 0.15) is 100 Å². The molecule has 0 aliphatic heterocycles. The van der Waals surface area contributed by atoms with Crippen LogP contribution in [0.3, 0.4) is 0 Å². The lowest BCUT2D eigenvalue weighted by Gasteiger charge is -2.34. The minimum atomic E-state index is -0.204. The molecule has 13 aromatic rings. The van der Waals surface area contributed by atoms with Gasteiger partial charge < -0.3 is 13.9 Å². The first-order chi connectivity index (χ1) is 42.4. The van der Waals surface area contributed by atoms with Crippen molar-refractivity contribution < 1.29 is 4.42 Å². The summed E-state index contributed by atoms with van der Waals surface area (Å²) in [5, 5.41) is 4.76. The van der Waals surface area contributed by atoms with Crippen molar-refractivity contribution in [3.05, 3.63) is 278 Å². The lowest BCUT2D eigenvalue weighted by molar-refractivity contribution is 0.401. The Morgan fingerprint density at radius 1 is 0.384 bits per heavy atom. The van der Waals surface area contributed by atoms with E-state index in [4.69, 9.17) is 4.42 Å². The molecule has 1 aliphatic rings. The normalized spacial score (nSPS) is 12.5. The zero-order valence-electron chi connectivity index (χ0n) is 49.5. The van der Waals surface area contributed by atoms with Crippen molar-refractivity contribution in [2.24, 2.45) is 0 Å². The average Bonchev–Trinajstić information content (AvgIpc) is 1.61. The van der Waals surface area contributed by atoms with Crippen molar-refractivity contribution >= 4 is 73.0 Å². The number of fused-ring (bicyclic) bond motifs is 9. The molecule has 0 saturated carbocycles. The summed E-state index contributed by atoms with van der Waals surface area (Å²) in [4.78, 5) is 2.48. The van der Waals surface area contributed by atoms with E-state index in [9.17, 15) is 0 Å². The van der Waals surface area contributed by atoms with Crippen molar-refractivity contribution in [3.63, 3.8) is 0 Å². The molecule has 0 N–H and O–H groups in total. The second-order valence-corrected chi connectivity index (χ2v) is 23.7. The van der Waals surface area contributed by atoms with E-state index in [1.807, 2.05) is 18.2 Å². The lowest BCUT2D eigenvalue weighted by Crippen LogP contribution is -2.26. The van der Waals surface area contributed by atoms with Crippen LogP contribution in [-0.4, -0.2) is 4.57 Å². The molecule has 0 radical (unpaired) electrons. The lowest BCUT2D eigenvalue weighted by atomic mass is 9.70. The van der Waals surface area contributed by atoms with Gasteiger partial charge in [-0.1, -0.05) is 254 Å². The third-order valence-electron chi connectivity index (χ3n) is 18.6. The third kappa shape index (κ3) is 9.85. The van der Waals surface area contributed by atoms with Crippen molar-refractivity contribution in [2.75, 3.05) is 4.90 Å². The Hall–Kier alpha value is -9.70. The smallest absolute Gasteiger partial charge is 0.143 e. The number of hydrogen-bond donors (Lipinski definition) is 0. The molecule has 0 bridgehead atoms. The van der Waals surface area contributed by atoms with Gasteiger partial charge in [-0.3, -0.25) is 0 Å². The molecular weight excluding hydrogens is 1040 g/mol. The second-order valence-electron chi connectivity index (χ2n) is 23.7. The summed E-state index contributed by atoms with van der Waals surface area (Å²) in [6.07, 6.45) is 15.7. The molecule has 2 heterocycles. The number of nitrogens with zero attached hydrogens (tertiary/aromatic N) is 2. The molecule has 14 rings (SSSR count). The van der Waals surface area contributed by atoms with Crippen LogP contribution in [-0.2, 0) is 5.41 Å². The van der Waals surface area contributed by atoms with E-state index in [-0.39, 0.29) is 5.41 Å². The standard InChI is InChI=1S/C83H72N2O/c1-5-9-11-18-51-83(52-19-12-10-6-2)77-55-68(84(66-41-35-60(36-42-66)59-21-14-13-15-22-59)67-43-37-63(38-44-67)70-24-20-25-74-73-23-16-17-26-81(73)86-82(70)74)45-47-71(77)72-48-46-69(56-78(72)83)85-79-49-39-64(61-31-27-57(7-3)28-32-61)53-75(79)76-54-65(40-50-80(76)85)62-33-29-58(8-4)30-34-62/h7-8,13-17,20-50,53-56H,3-6,9-12,18-19,51-52H2,1-2H3. The number of hydrogen-bond acceptors (Lipinski definition) is 2. The van der Waals surface area contributed by atoms with Gasteiger partial charge in [-0.25, -0.2) is 0 Å². The zero-order valence-corrected chi connectivity index (χ0v) is 49.5. The maximum Gasteiger partial charge on any atom is 0.143 e. The minimum Gasteiger partial charge on any atom is -0.455 e. The van der Waals surface area contributed by atoms with Crippen LogP contribution >= 0.6 is 0 Å². The molecule has 11 aromatic carbocycles. The molecule has 0 fully saturated rings. The summed E-state index contributed by atoms with van der Waals surface area (Å²) in [6.45, 7) is 12.7. The summed E-state index contributed by atoms with van der Waals surface area (Å²) < 4.78 is 9.12. The second kappa shape index (κ2) is 23.4. The van der Waals surface area contributed by atoms with Crippen molar-refractivity contribution in [1.29, 1.82) is 0 Å². The van der Waals surface area contributed by atoms with Gasteiger partial charge in [0.2, 0.25) is 0 Å². The van der Waals surface area contributed by atoms with E-state index < -0.39 is 0 Å². The Balaban J connectivity index is 0.927. The van der Waals surface area contributed by atoms with E-state index in [0.29, 0.717) is 0 Å². The number of anilines is 3. The van der Waals surface area contributed by atoms with Crippen molar-refractivity contribution in [3.8, 4) is 61.3 Å². The monoisotopic (exact) mass is 1110 g/mol. The molecular formula is C83H72N2O. The number of para-hydroxylation sites is 2. The van der Waals surface area contributed by atoms with Gasteiger partial charge >= 0.3 is 0 Å². The van der Waals surface area contributed by atoms with Crippen LogP contribution in [0, 0.1) is 0 Å². The van der Waals surface area contributed by atoms with E-state index in [1.165, 1.54) is 134 Å². The number of unbranched alkanes of at least 4 members (excludes halogenated alkanes) is 6. The largest absolute Gasteiger partial charge is 0.455 e. The van der Waals surface area contributed by atoms with Crippen molar-refractivity contribution in [1.82, 2.24) is 4.57 Å². The first kappa shape index (κ1) is 54.3. The highest BCUT2D eigenvalue weighted by molar-refractivity contribution is 6.12. The van der Waals surface area contributed by atoms with Crippen LogP contribution in [0.2, 0.25) is 0 Å². The van der Waals surface area contributed by atoms with Gasteiger partial charge in [0.1, 0.15) is 11.2 Å². The fraction of sp³-hybridized carbons (Fsp3) is 0.157. The first-order valence-corrected chi connectivity index (χ1v) is 31.2. The van der Waals surface area contributed by atoms with E-state index in [1.54, 1.807) is 0 Å². The number of aromatic nitrogens is 1. The van der Waals surface area contributed by atoms with E-state index >= 15 is 0 Å². The molecule has 0 unspecified atom stereocenters. The fourth-order valence-corrected chi connectivity index (χ4v) is 14.0. The predicted octanol–water partition coefficient (Wildman–Crippen LogP) is 24.3. The van der Waals surface area contributed by atoms with Gasteiger partial charge in [0.05, 0.1) is 11.0 Å². The Labute approximate surface area is 506 Å². The topological polar surface area (TPSA) is 21.3 Å². The maximum atomic E-state index is 6.57. The summed E-state index contributed by atoms with van der Waals surface area (Å²) in [5.74, 6) is 0. The minimum absolute atomic E-state index is 0.204. The van der Waals surface area contributed by atoms with Gasteiger partial charge in [0.15, 0.2) is 0 Å². The molecule has 3 nitrogen and oxygen atoms in total. The summed E-state index contributed by atoms with van der Waals surface area (Å²) in [7, 11) is 0. The van der Waals surface area contributed by atoms with Crippen LogP contribution < -0.4 is 4.90 Å². The first-order valence-electron chi connectivity index (χ1n) is 31.2. The van der Waals surface area contributed by atoms with E-state index in [0.717, 1.165) is 74.1 Å². The number of furan rings is 1. The maximum absolute atomic E-state index is 6.57.